The van der Waals surface area contributed by atoms with Crippen molar-refractivity contribution >= 4 is 101 Å². The summed E-state index contributed by atoms with van der Waals surface area (Å²) in [5.74, 6) is 0. The average molecular weight is 1620 g/mol. The first kappa shape index (κ1) is 80.2. The summed E-state index contributed by atoms with van der Waals surface area (Å²) < 4.78 is 5.22. The molecule has 4 nitrogen and oxygen atoms in total. The number of hydrogen-bond donors (Lipinski definition) is 0. The van der Waals surface area contributed by atoms with Crippen molar-refractivity contribution in [2.75, 3.05) is 9.80 Å². The summed E-state index contributed by atoms with van der Waals surface area (Å²) in [6.07, 6.45) is 0. The molecule has 0 N–H and O–H groups in total. The molecule has 2 aliphatic rings. The third kappa shape index (κ3) is 14.0. The van der Waals surface area contributed by atoms with Crippen molar-refractivity contribution in [1.29, 1.82) is 0 Å². The van der Waals surface area contributed by atoms with Crippen molar-refractivity contribution in [3.05, 3.63) is 379 Å². The van der Waals surface area contributed by atoms with Crippen LogP contribution >= 0.6 is 0 Å². The van der Waals surface area contributed by atoms with E-state index in [4.69, 9.17) is 0 Å². The fourth-order valence-corrected chi connectivity index (χ4v) is 19.8. The van der Waals surface area contributed by atoms with Gasteiger partial charge in [-0.1, -0.05) is 404 Å². The fourth-order valence-electron chi connectivity index (χ4n) is 19.8. The van der Waals surface area contributed by atoms with E-state index in [1.54, 1.807) is 0 Å². The zero-order valence-corrected chi connectivity index (χ0v) is 75.8. The summed E-state index contributed by atoms with van der Waals surface area (Å²) >= 11 is 0. The minimum atomic E-state index is -0.298. The zero-order valence-electron chi connectivity index (χ0n) is 75.8. The van der Waals surface area contributed by atoms with Gasteiger partial charge < -0.3 is 18.9 Å². The van der Waals surface area contributed by atoms with Crippen LogP contribution in [0.5, 0.6) is 0 Å². The van der Waals surface area contributed by atoms with E-state index >= 15 is 0 Å². The van der Waals surface area contributed by atoms with E-state index in [-0.39, 0.29) is 39.2 Å². The second-order valence-electron chi connectivity index (χ2n) is 41.4. The van der Waals surface area contributed by atoms with Crippen LogP contribution in [0.25, 0.3) is 133 Å². The molecule has 2 aromatic heterocycles. The van der Waals surface area contributed by atoms with Crippen molar-refractivity contribution in [3.8, 4) is 89.3 Å². The monoisotopic (exact) mass is 1620 g/mol. The lowest BCUT2D eigenvalue weighted by molar-refractivity contribution is 0.568. The molecule has 18 aromatic rings. The first-order chi connectivity index (χ1) is 59.8. The van der Waals surface area contributed by atoms with Crippen molar-refractivity contribution in [2.24, 2.45) is 0 Å². The molecule has 2 aliphatic heterocycles. The van der Waals surface area contributed by atoms with Gasteiger partial charge in [0.1, 0.15) is 0 Å². The van der Waals surface area contributed by atoms with E-state index in [1.165, 1.54) is 127 Å². The third-order valence-corrected chi connectivity index (χ3v) is 26.7. The van der Waals surface area contributed by atoms with Gasteiger partial charge in [-0.2, -0.15) is 0 Å². The van der Waals surface area contributed by atoms with Gasteiger partial charge in [0.05, 0.1) is 33.4 Å². The van der Waals surface area contributed by atoms with Crippen LogP contribution in [0.15, 0.2) is 346 Å². The van der Waals surface area contributed by atoms with E-state index in [1.807, 2.05) is 0 Å². The van der Waals surface area contributed by atoms with Crippen LogP contribution in [-0.4, -0.2) is 15.8 Å². The topological polar surface area (TPSA) is 16.3 Å². The Morgan fingerprint density at radius 1 is 0.184 bits per heavy atom. The third-order valence-electron chi connectivity index (χ3n) is 26.7. The molecule has 125 heavy (non-hydrogen) atoms. The molecule has 0 radical (unpaired) electrons. The van der Waals surface area contributed by atoms with Crippen LogP contribution in [0.2, 0.25) is 0 Å². The lowest BCUT2D eigenvalue weighted by Crippen LogP contribution is -2.61. The number of para-hydroxylation sites is 6. The maximum Gasteiger partial charge on any atom is 0.252 e. The summed E-state index contributed by atoms with van der Waals surface area (Å²) in [4.78, 5) is 5.47. The van der Waals surface area contributed by atoms with Crippen molar-refractivity contribution in [3.63, 3.8) is 0 Å². The van der Waals surface area contributed by atoms with Gasteiger partial charge in [0.25, 0.3) is 6.71 Å². The summed E-state index contributed by atoms with van der Waals surface area (Å²) in [7, 11) is 0. The molecular formula is C120H111BN4. The maximum atomic E-state index is 2.75. The largest absolute Gasteiger partial charge is 0.309 e. The van der Waals surface area contributed by atoms with E-state index < -0.39 is 0 Å². The van der Waals surface area contributed by atoms with E-state index in [9.17, 15) is 0 Å². The van der Waals surface area contributed by atoms with Gasteiger partial charge in [0.15, 0.2) is 0 Å². The number of rotatable bonds is 11. The normalized spacial score (nSPS) is 13.2. The molecule has 0 bridgehead atoms. The molecule has 0 fully saturated rings. The molecule has 0 unspecified atom stereocenters. The predicted molar refractivity (Wildman–Crippen MR) is 539 cm³/mol. The molecule has 0 saturated heterocycles. The van der Waals surface area contributed by atoms with Crippen molar-refractivity contribution in [2.45, 2.75) is 157 Å². The highest BCUT2D eigenvalue weighted by molar-refractivity contribution is 7.00. The number of aromatic nitrogens is 2. The number of fused-ring (bicyclic) bond motifs is 10. The molecule has 4 heterocycles. The molecule has 0 aliphatic carbocycles. The highest BCUT2D eigenvalue weighted by atomic mass is 15.2. The molecule has 0 spiro atoms. The van der Waals surface area contributed by atoms with Crippen LogP contribution in [-0.2, 0) is 32.5 Å². The Kier molecular flexibility index (Phi) is 19.1. The summed E-state index contributed by atoms with van der Waals surface area (Å²) in [6, 6.07) is 133. The maximum absolute atomic E-state index is 2.75. The summed E-state index contributed by atoms with van der Waals surface area (Å²) in [6.45, 7) is 42.4. The second-order valence-corrected chi connectivity index (χ2v) is 41.4. The van der Waals surface area contributed by atoms with Crippen molar-refractivity contribution in [1.82, 2.24) is 9.13 Å². The lowest BCUT2D eigenvalue weighted by atomic mass is 9.33. The summed E-state index contributed by atoms with van der Waals surface area (Å²) in [5.41, 5.74) is 40.6. The van der Waals surface area contributed by atoms with Gasteiger partial charge in [-0.3, -0.25) is 0 Å². The van der Waals surface area contributed by atoms with Gasteiger partial charge in [0.2, 0.25) is 0 Å². The van der Waals surface area contributed by atoms with E-state index in [0.717, 1.165) is 89.8 Å². The quantitative estimate of drug-likeness (QED) is 0.120. The molecule has 16 aromatic carbocycles. The second kappa shape index (κ2) is 29.8. The SMILES string of the molecule is CC(C)(C)c1cc(-c2ccc3c(c2)B2c4ccc(-c5cc(C(C)(C)C)cc(C(C)(C)C)c5)cc4N(c4cccc5c6cccc(-c7cccc(-c8ccccc8)c7)c6n(-c6ccccc6)c45)c4cc(-c5cc(C(C)(C)C)cc(C(C)(C)C)c5)cc(c42)N3c2cccc3c4cccc(-c5ccccc5-c5ccccc5)c4n(-c4ccccc4)c23)cc(C(C)(C)C)c1. The predicted octanol–water partition coefficient (Wildman–Crippen LogP) is 31.4. The standard InChI is InChI=1S/C120H111BN4/c1-115(2,3)86-63-82(64-87(73-86)116(4,5)6)79-59-61-104-103(69-79)121-102-60-58-80(83-65-88(117(7,8)9)74-89(66-83)118(10,11)12)70-107(102)125(106-57-37-54-100-98-52-34-50-95(111(98)122(114(100)106)92-44-27-21-28-45-92)81-43-33-42-78(62-81)76-38-23-19-24-39-76)109-72-85(84-67-90(119(13,14)15)75-91(68-84)120(16,17)18)71-108(110(109)121)124(104)105-56-36-55-101-99-53-35-51-97(112(99)123(113(101)105)93-46-29-22-30-47-93)96-49-32-31-48-94(96)77-40-25-20-26-41-77/h19-75H,1-18H3. The molecule has 0 amide bonds. The summed E-state index contributed by atoms with van der Waals surface area (Å²) in [5, 5.41) is 4.70. The lowest BCUT2D eigenvalue weighted by Gasteiger charge is -2.45. The molecule has 0 saturated carbocycles. The zero-order chi connectivity index (χ0) is 86.7. The molecule has 5 heteroatoms. The van der Waals surface area contributed by atoms with Crippen LogP contribution in [0.4, 0.5) is 34.1 Å². The number of anilines is 6. The highest BCUT2D eigenvalue weighted by Crippen LogP contribution is 2.55. The molecule has 20 rings (SSSR count). The Labute approximate surface area is 740 Å². The average Bonchev–Trinajstić information content (AvgIpc) is 1.66. The van der Waals surface area contributed by atoms with Crippen molar-refractivity contribution < 1.29 is 0 Å². The smallest absolute Gasteiger partial charge is 0.252 e. The van der Waals surface area contributed by atoms with Crippen LogP contribution in [0.3, 0.4) is 0 Å². The fraction of sp³-hybridized carbons (Fsp3) is 0.200. The number of hydrogen-bond acceptors (Lipinski definition) is 2. The van der Waals surface area contributed by atoms with Crippen LogP contribution in [0.1, 0.15) is 158 Å². The Bertz CT molecular complexity index is 7220. The van der Waals surface area contributed by atoms with Gasteiger partial charge >= 0.3 is 0 Å². The number of benzene rings is 16. The van der Waals surface area contributed by atoms with Crippen LogP contribution in [0, 0.1) is 0 Å². The first-order valence-corrected chi connectivity index (χ1v) is 44.9. The Balaban J connectivity index is 0.973. The Morgan fingerprint density at radius 3 is 0.984 bits per heavy atom. The van der Waals surface area contributed by atoms with E-state index in [0.29, 0.717) is 0 Å². The highest BCUT2D eigenvalue weighted by Gasteiger charge is 2.46. The molecular weight excluding hydrogens is 1510 g/mol. The minimum absolute atomic E-state index is 0.125. The number of nitrogens with zero attached hydrogens (tertiary/aromatic N) is 4. The molecule has 614 valence electrons. The van der Waals surface area contributed by atoms with Crippen LogP contribution < -0.4 is 26.2 Å². The first-order valence-electron chi connectivity index (χ1n) is 44.9. The van der Waals surface area contributed by atoms with Gasteiger partial charge in [0, 0.05) is 66.8 Å². The van der Waals surface area contributed by atoms with Gasteiger partial charge in [-0.05, 0) is 216 Å². The van der Waals surface area contributed by atoms with Gasteiger partial charge in [-0.15, -0.1) is 0 Å². The van der Waals surface area contributed by atoms with Gasteiger partial charge in [-0.25, -0.2) is 0 Å². The van der Waals surface area contributed by atoms with E-state index in [2.05, 4.69) is 489 Å². The Hall–Kier alpha value is -13.2. The Morgan fingerprint density at radius 2 is 0.512 bits per heavy atom. The minimum Gasteiger partial charge on any atom is -0.309 e. The molecule has 0 atom stereocenters.